The van der Waals surface area contributed by atoms with E-state index in [9.17, 15) is 0 Å². The molecule has 2 nitrogen and oxygen atoms in total. The van der Waals surface area contributed by atoms with Gasteiger partial charge in [0.15, 0.2) is 0 Å². The zero-order valence-electron chi connectivity index (χ0n) is 25.1. The van der Waals surface area contributed by atoms with Crippen molar-refractivity contribution in [3.05, 3.63) is 145 Å². The van der Waals surface area contributed by atoms with Crippen LogP contribution in [0, 0.1) is 0 Å². The first-order valence-electron chi connectivity index (χ1n) is 15.9. The van der Waals surface area contributed by atoms with Crippen molar-refractivity contribution in [2.75, 3.05) is 0 Å². The summed E-state index contributed by atoms with van der Waals surface area (Å²) in [7, 11) is 0. The molecule has 0 N–H and O–H groups in total. The van der Waals surface area contributed by atoms with Crippen molar-refractivity contribution in [3.63, 3.8) is 0 Å². The number of fused-ring (bicyclic) bond motifs is 12. The molecule has 0 fully saturated rings. The van der Waals surface area contributed by atoms with Crippen LogP contribution >= 0.6 is 11.3 Å². The summed E-state index contributed by atoms with van der Waals surface area (Å²) in [5.41, 5.74) is 8.47. The Balaban J connectivity index is 1.20. The Morgan fingerprint density at radius 2 is 0.936 bits per heavy atom. The van der Waals surface area contributed by atoms with Crippen LogP contribution in [-0.4, -0.2) is 0 Å². The number of furan rings is 2. The van der Waals surface area contributed by atoms with Gasteiger partial charge in [-0.25, -0.2) is 0 Å². The molecule has 8 aromatic carbocycles. The smallest absolute Gasteiger partial charge is 0.136 e. The fourth-order valence-corrected chi connectivity index (χ4v) is 8.72. The molecule has 218 valence electrons. The topological polar surface area (TPSA) is 26.3 Å². The van der Waals surface area contributed by atoms with Crippen LogP contribution in [0.4, 0.5) is 0 Å². The van der Waals surface area contributed by atoms with Crippen LogP contribution in [0.15, 0.2) is 154 Å². The summed E-state index contributed by atoms with van der Waals surface area (Å²) in [6.45, 7) is 0. The largest absolute Gasteiger partial charge is 0.456 e. The van der Waals surface area contributed by atoms with E-state index in [1.807, 2.05) is 0 Å². The SMILES string of the molecule is c1ccc2c(c1)ccc1oc3cc(-c4c5ccccc5c(-c5ccc6oc7ccc8sccc8c7c6c5)c5ccccc45)ccc3c12. The summed E-state index contributed by atoms with van der Waals surface area (Å²) in [5.74, 6) is 0. The van der Waals surface area contributed by atoms with Gasteiger partial charge in [0, 0.05) is 31.6 Å². The number of thiophene rings is 1. The second-order valence-electron chi connectivity index (χ2n) is 12.4. The van der Waals surface area contributed by atoms with E-state index in [0.717, 1.165) is 38.7 Å². The first-order chi connectivity index (χ1) is 23.3. The monoisotopic (exact) mass is 616 g/mol. The predicted molar refractivity (Wildman–Crippen MR) is 200 cm³/mol. The molecule has 0 atom stereocenters. The Kier molecular flexibility index (Phi) is 5.02. The Hall–Kier alpha value is -5.90. The molecule has 3 aromatic heterocycles. The Bertz CT molecular complexity index is 3020. The molecule has 0 amide bonds. The van der Waals surface area contributed by atoms with E-state index in [0.29, 0.717) is 0 Å². The molecule has 0 unspecified atom stereocenters. The Morgan fingerprint density at radius 1 is 0.362 bits per heavy atom. The lowest BCUT2D eigenvalue weighted by molar-refractivity contribution is 0.669. The minimum Gasteiger partial charge on any atom is -0.456 e. The molecule has 3 heterocycles. The molecule has 0 saturated heterocycles. The fourth-order valence-electron chi connectivity index (χ4n) is 7.93. The number of hydrogen-bond donors (Lipinski definition) is 0. The summed E-state index contributed by atoms with van der Waals surface area (Å²) < 4.78 is 14.2. The second kappa shape index (κ2) is 9.32. The molecule has 0 radical (unpaired) electrons. The highest BCUT2D eigenvalue weighted by Gasteiger charge is 2.20. The molecule has 11 aromatic rings. The molecule has 11 rings (SSSR count). The molecular formula is C44H24O2S. The van der Waals surface area contributed by atoms with Crippen molar-refractivity contribution < 1.29 is 8.83 Å². The Morgan fingerprint density at radius 3 is 1.68 bits per heavy atom. The van der Waals surface area contributed by atoms with Gasteiger partial charge >= 0.3 is 0 Å². The van der Waals surface area contributed by atoms with Gasteiger partial charge in [-0.05, 0) is 108 Å². The predicted octanol–water partition coefficient (Wildman–Crippen LogP) is 13.5. The van der Waals surface area contributed by atoms with E-state index in [1.54, 1.807) is 11.3 Å². The maximum Gasteiger partial charge on any atom is 0.136 e. The second-order valence-corrected chi connectivity index (χ2v) is 13.3. The highest BCUT2D eigenvalue weighted by atomic mass is 32.1. The molecule has 3 heteroatoms. The lowest BCUT2D eigenvalue weighted by Gasteiger charge is -2.17. The van der Waals surface area contributed by atoms with Gasteiger partial charge in [0.2, 0.25) is 0 Å². The van der Waals surface area contributed by atoms with Crippen LogP contribution < -0.4 is 0 Å². The van der Waals surface area contributed by atoms with E-state index in [4.69, 9.17) is 8.83 Å². The van der Waals surface area contributed by atoms with E-state index >= 15 is 0 Å². The van der Waals surface area contributed by atoms with Crippen molar-refractivity contribution in [2.45, 2.75) is 0 Å². The van der Waals surface area contributed by atoms with E-state index in [-0.39, 0.29) is 0 Å². The maximum absolute atomic E-state index is 6.52. The van der Waals surface area contributed by atoms with E-state index in [2.05, 4.69) is 145 Å². The molecule has 0 aliphatic carbocycles. The third-order valence-corrected chi connectivity index (χ3v) is 10.8. The van der Waals surface area contributed by atoms with Crippen molar-refractivity contribution in [3.8, 4) is 22.3 Å². The van der Waals surface area contributed by atoms with Crippen molar-refractivity contribution >= 4 is 97.6 Å². The quantitative estimate of drug-likeness (QED) is 0.181. The normalized spacial score (nSPS) is 12.3. The van der Waals surface area contributed by atoms with E-state index in [1.165, 1.54) is 69.9 Å². The molecule has 47 heavy (non-hydrogen) atoms. The molecule has 0 spiro atoms. The maximum atomic E-state index is 6.52. The third kappa shape index (κ3) is 3.49. The fraction of sp³-hybridized carbons (Fsp3) is 0. The molecule has 0 saturated carbocycles. The van der Waals surface area contributed by atoms with Crippen molar-refractivity contribution in [1.82, 2.24) is 0 Å². The first kappa shape index (κ1) is 25.3. The zero-order chi connectivity index (χ0) is 30.6. The molecule has 0 bridgehead atoms. The van der Waals surface area contributed by atoms with Crippen LogP contribution in [0.2, 0.25) is 0 Å². The molecular weight excluding hydrogens is 593 g/mol. The lowest BCUT2D eigenvalue weighted by Crippen LogP contribution is -1.90. The Labute approximate surface area is 272 Å². The third-order valence-electron chi connectivity index (χ3n) is 9.94. The lowest BCUT2D eigenvalue weighted by atomic mass is 9.85. The van der Waals surface area contributed by atoms with Crippen LogP contribution in [0.3, 0.4) is 0 Å². The molecule has 0 aliphatic heterocycles. The van der Waals surface area contributed by atoms with Crippen LogP contribution in [0.1, 0.15) is 0 Å². The van der Waals surface area contributed by atoms with Crippen LogP contribution in [0.5, 0.6) is 0 Å². The van der Waals surface area contributed by atoms with Gasteiger partial charge in [-0.1, -0.05) is 91.0 Å². The average Bonchev–Trinajstić information content (AvgIpc) is 3.85. The van der Waals surface area contributed by atoms with Crippen LogP contribution in [0.25, 0.3) is 109 Å². The van der Waals surface area contributed by atoms with Gasteiger partial charge in [0.1, 0.15) is 22.3 Å². The highest BCUT2D eigenvalue weighted by molar-refractivity contribution is 7.17. The first-order valence-corrected chi connectivity index (χ1v) is 16.8. The zero-order valence-corrected chi connectivity index (χ0v) is 25.9. The summed E-state index contributed by atoms with van der Waals surface area (Å²) >= 11 is 1.77. The number of rotatable bonds is 2. The van der Waals surface area contributed by atoms with E-state index < -0.39 is 0 Å². The van der Waals surface area contributed by atoms with Gasteiger partial charge in [0.05, 0.1) is 0 Å². The van der Waals surface area contributed by atoms with Gasteiger partial charge in [-0.3, -0.25) is 0 Å². The highest BCUT2D eigenvalue weighted by Crippen LogP contribution is 2.46. The summed E-state index contributed by atoms with van der Waals surface area (Å²) in [5, 5.41) is 15.4. The van der Waals surface area contributed by atoms with Gasteiger partial charge in [-0.15, -0.1) is 11.3 Å². The van der Waals surface area contributed by atoms with Crippen molar-refractivity contribution in [1.29, 1.82) is 0 Å². The van der Waals surface area contributed by atoms with Gasteiger partial charge < -0.3 is 8.83 Å². The van der Waals surface area contributed by atoms with Gasteiger partial charge in [-0.2, -0.15) is 0 Å². The minimum atomic E-state index is 0.906. The summed E-state index contributed by atoms with van der Waals surface area (Å²) in [4.78, 5) is 0. The standard InChI is InChI=1S/C44H24O2S/c1-2-8-28-25(7-1)14-18-37-43(28)33-16-13-27(24-39(33)46-37)42-31-11-5-3-9-29(31)41(30-10-4-6-12-32(30)42)26-15-17-36-35(23-26)44-34-21-22-47-40(34)20-19-38(44)45-36/h1-24H. The number of hydrogen-bond acceptors (Lipinski definition) is 3. The summed E-state index contributed by atoms with van der Waals surface area (Å²) in [6, 6.07) is 50.3. The van der Waals surface area contributed by atoms with Crippen molar-refractivity contribution in [2.24, 2.45) is 0 Å². The minimum absolute atomic E-state index is 0.906. The number of benzene rings is 8. The van der Waals surface area contributed by atoms with Crippen LogP contribution in [-0.2, 0) is 0 Å². The average molecular weight is 617 g/mol. The summed E-state index contributed by atoms with van der Waals surface area (Å²) in [6.07, 6.45) is 0. The van der Waals surface area contributed by atoms with Gasteiger partial charge in [0.25, 0.3) is 0 Å². The molecule has 0 aliphatic rings.